The number of carbonyl (C=O) groups excluding carboxylic acids is 2. The SMILES string of the molecule is CS(=O)(=O)c1ccc(C(=O)OC2=CC(=O)C(OCc3ccccc3)CC2)c(Cl)c1COCC(F)(F)F. The number of hydrogen-bond acceptors (Lipinski definition) is 7. The van der Waals surface area contributed by atoms with Crippen LogP contribution < -0.4 is 0 Å². The molecule has 0 aromatic heterocycles. The molecule has 0 fully saturated rings. The Hall–Kier alpha value is -2.73. The van der Waals surface area contributed by atoms with Crippen molar-refractivity contribution in [2.75, 3.05) is 12.9 Å². The molecule has 2 aromatic carbocycles. The number of carbonyl (C=O) groups is 2. The number of ketones is 1. The van der Waals surface area contributed by atoms with Crippen molar-refractivity contribution in [1.29, 1.82) is 0 Å². The molecule has 1 unspecified atom stereocenters. The van der Waals surface area contributed by atoms with Crippen LogP contribution in [0.3, 0.4) is 0 Å². The number of ether oxygens (including phenoxy) is 3. The van der Waals surface area contributed by atoms with Gasteiger partial charge in [-0.15, -0.1) is 0 Å². The highest BCUT2D eigenvalue weighted by molar-refractivity contribution is 7.90. The molecule has 0 saturated carbocycles. The third-order valence-electron chi connectivity index (χ3n) is 5.12. The molecular weight excluding hydrogens is 525 g/mol. The Balaban J connectivity index is 1.72. The molecule has 2 aromatic rings. The van der Waals surface area contributed by atoms with Gasteiger partial charge in [0, 0.05) is 24.3 Å². The van der Waals surface area contributed by atoms with E-state index in [0.717, 1.165) is 30.0 Å². The number of allylic oxidation sites excluding steroid dienone is 1. The normalized spacial score (nSPS) is 16.5. The van der Waals surface area contributed by atoms with E-state index in [0.29, 0.717) is 0 Å². The molecule has 1 atom stereocenters. The molecule has 0 bridgehead atoms. The summed E-state index contributed by atoms with van der Waals surface area (Å²) in [7, 11) is -3.90. The van der Waals surface area contributed by atoms with E-state index in [9.17, 15) is 31.2 Å². The maximum atomic E-state index is 12.7. The van der Waals surface area contributed by atoms with Gasteiger partial charge in [0.05, 0.1) is 28.7 Å². The second kappa shape index (κ2) is 11.5. The van der Waals surface area contributed by atoms with Gasteiger partial charge in [0.2, 0.25) is 0 Å². The quantitative estimate of drug-likeness (QED) is 0.416. The average Bonchev–Trinajstić information content (AvgIpc) is 2.78. The van der Waals surface area contributed by atoms with Crippen LogP contribution in [0.15, 0.2) is 59.2 Å². The Morgan fingerprint density at radius 2 is 1.81 bits per heavy atom. The van der Waals surface area contributed by atoms with E-state index in [1.165, 1.54) is 0 Å². The van der Waals surface area contributed by atoms with E-state index in [-0.39, 0.29) is 47.0 Å². The highest BCUT2D eigenvalue weighted by Gasteiger charge is 2.30. The number of esters is 1. The molecule has 0 radical (unpaired) electrons. The fraction of sp³-hybridized carbons (Fsp3) is 0.333. The molecule has 0 N–H and O–H groups in total. The van der Waals surface area contributed by atoms with Crippen molar-refractivity contribution in [3.8, 4) is 0 Å². The number of rotatable bonds is 9. The second-order valence-electron chi connectivity index (χ2n) is 8.01. The highest BCUT2D eigenvalue weighted by atomic mass is 35.5. The van der Waals surface area contributed by atoms with E-state index in [1.807, 2.05) is 30.3 Å². The van der Waals surface area contributed by atoms with Crippen molar-refractivity contribution in [2.24, 2.45) is 0 Å². The molecule has 1 aliphatic carbocycles. The van der Waals surface area contributed by atoms with E-state index in [1.54, 1.807) is 0 Å². The zero-order valence-corrected chi connectivity index (χ0v) is 20.6. The minimum atomic E-state index is -4.64. The molecule has 0 aliphatic heterocycles. The van der Waals surface area contributed by atoms with Gasteiger partial charge in [-0.1, -0.05) is 41.9 Å². The summed E-state index contributed by atoms with van der Waals surface area (Å²) in [5.41, 5.74) is 0.306. The third-order valence-corrected chi connectivity index (χ3v) is 6.74. The first-order valence-electron chi connectivity index (χ1n) is 10.6. The Kier molecular flexibility index (Phi) is 8.93. The van der Waals surface area contributed by atoms with E-state index < -0.39 is 46.3 Å². The summed E-state index contributed by atoms with van der Waals surface area (Å²) in [4.78, 5) is 24.8. The van der Waals surface area contributed by atoms with Gasteiger partial charge in [-0.2, -0.15) is 13.2 Å². The predicted molar refractivity (Wildman–Crippen MR) is 123 cm³/mol. The van der Waals surface area contributed by atoms with Crippen LogP contribution in [-0.2, 0) is 42.1 Å². The number of hydrogen-bond donors (Lipinski definition) is 0. The predicted octanol–water partition coefficient (Wildman–Crippen LogP) is 4.81. The molecule has 0 saturated heterocycles. The van der Waals surface area contributed by atoms with Gasteiger partial charge in [0.15, 0.2) is 15.6 Å². The van der Waals surface area contributed by atoms with Crippen molar-refractivity contribution in [3.63, 3.8) is 0 Å². The molecule has 1 aliphatic rings. The fourth-order valence-corrected chi connectivity index (χ4v) is 4.72. The summed E-state index contributed by atoms with van der Waals surface area (Å²) in [6.45, 7) is -2.20. The van der Waals surface area contributed by atoms with Crippen LogP contribution in [0.4, 0.5) is 13.2 Å². The largest absolute Gasteiger partial charge is 0.427 e. The summed E-state index contributed by atoms with van der Waals surface area (Å²) in [5, 5.41) is -0.420. The highest BCUT2D eigenvalue weighted by Crippen LogP contribution is 2.31. The van der Waals surface area contributed by atoms with Crippen LogP contribution in [0.25, 0.3) is 0 Å². The second-order valence-corrected chi connectivity index (χ2v) is 10.4. The first kappa shape index (κ1) is 27.9. The van der Waals surface area contributed by atoms with Crippen LogP contribution in [0.5, 0.6) is 0 Å². The van der Waals surface area contributed by atoms with Gasteiger partial charge in [-0.3, -0.25) is 4.79 Å². The van der Waals surface area contributed by atoms with Crippen LogP contribution in [0.1, 0.15) is 34.3 Å². The Morgan fingerprint density at radius 3 is 2.42 bits per heavy atom. The number of sulfone groups is 1. The third kappa shape index (κ3) is 7.63. The molecule has 194 valence electrons. The number of halogens is 4. The molecule has 7 nitrogen and oxygen atoms in total. The van der Waals surface area contributed by atoms with Crippen LogP contribution in [0, 0.1) is 0 Å². The van der Waals surface area contributed by atoms with Gasteiger partial charge in [-0.05, 0) is 24.1 Å². The number of alkyl halides is 3. The molecule has 12 heteroatoms. The lowest BCUT2D eigenvalue weighted by atomic mass is 10.0. The molecule has 0 amide bonds. The first-order valence-corrected chi connectivity index (χ1v) is 12.9. The van der Waals surface area contributed by atoms with E-state index in [2.05, 4.69) is 4.74 Å². The summed E-state index contributed by atoms with van der Waals surface area (Å²) < 4.78 is 77.0. The summed E-state index contributed by atoms with van der Waals surface area (Å²) in [5.74, 6) is -1.33. The van der Waals surface area contributed by atoms with Gasteiger partial charge in [0.1, 0.15) is 18.5 Å². The Bertz CT molecular complexity index is 1260. The van der Waals surface area contributed by atoms with Crippen molar-refractivity contribution >= 4 is 33.2 Å². The first-order chi connectivity index (χ1) is 16.8. The van der Waals surface area contributed by atoms with Gasteiger partial charge >= 0.3 is 12.1 Å². The Labute approximate surface area is 210 Å². The molecule has 0 heterocycles. The minimum Gasteiger partial charge on any atom is -0.427 e. The monoisotopic (exact) mass is 546 g/mol. The lowest BCUT2D eigenvalue weighted by Crippen LogP contribution is -2.27. The van der Waals surface area contributed by atoms with Crippen LogP contribution in [0.2, 0.25) is 5.02 Å². The van der Waals surface area contributed by atoms with Crippen LogP contribution in [-0.4, -0.2) is 45.3 Å². The molecular formula is C24H22ClF3O7S. The summed E-state index contributed by atoms with van der Waals surface area (Å²) in [6.07, 6.45) is -2.89. The zero-order chi connectivity index (χ0) is 26.5. The lowest BCUT2D eigenvalue weighted by Gasteiger charge is -2.21. The van der Waals surface area contributed by atoms with Crippen LogP contribution >= 0.6 is 11.6 Å². The topological polar surface area (TPSA) is 96.0 Å². The molecule has 0 spiro atoms. The maximum absolute atomic E-state index is 12.7. The minimum absolute atomic E-state index is 0.0580. The van der Waals surface area contributed by atoms with Gasteiger partial charge in [-0.25, -0.2) is 13.2 Å². The van der Waals surface area contributed by atoms with E-state index in [4.69, 9.17) is 21.1 Å². The lowest BCUT2D eigenvalue weighted by molar-refractivity contribution is -0.176. The standard InChI is InChI=1S/C24H22ClF3O7S/c1-36(31,32)21-10-8-17(22(25)18(21)13-33-14-24(26,27)28)23(30)35-16-7-9-20(19(29)11-16)34-12-15-5-3-2-4-6-15/h2-6,8,10-11,20H,7,9,12-14H2,1H3. The van der Waals surface area contributed by atoms with Crippen molar-refractivity contribution in [2.45, 2.75) is 43.2 Å². The zero-order valence-electron chi connectivity index (χ0n) is 19.0. The smallest absolute Gasteiger partial charge is 0.411 e. The molecule has 36 heavy (non-hydrogen) atoms. The fourth-order valence-electron chi connectivity index (χ4n) is 3.44. The average molecular weight is 547 g/mol. The van der Waals surface area contributed by atoms with Gasteiger partial charge < -0.3 is 14.2 Å². The van der Waals surface area contributed by atoms with E-state index >= 15 is 0 Å². The van der Waals surface area contributed by atoms with Crippen molar-refractivity contribution < 1.29 is 45.4 Å². The number of benzene rings is 2. The summed E-state index contributed by atoms with van der Waals surface area (Å²) in [6, 6.07) is 11.4. The van der Waals surface area contributed by atoms with Crippen molar-refractivity contribution in [3.05, 3.63) is 76.0 Å². The van der Waals surface area contributed by atoms with Gasteiger partial charge in [0.25, 0.3) is 0 Å². The summed E-state index contributed by atoms with van der Waals surface area (Å²) >= 11 is 6.20. The molecule has 3 rings (SSSR count). The van der Waals surface area contributed by atoms with Crippen molar-refractivity contribution in [1.82, 2.24) is 0 Å². The maximum Gasteiger partial charge on any atom is 0.411 e. The Morgan fingerprint density at radius 1 is 1.11 bits per heavy atom.